The van der Waals surface area contributed by atoms with Gasteiger partial charge in [-0.15, -0.1) is 24.0 Å². The van der Waals surface area contributed by atoms with Gasteiger partial charge in [-0.3, -0.25) is 9.20 Å². The minimum Gasteiger partial charge on any atom is -0.355 e. The second-order valence-electron chi connectivity index (χ2n) is 6.55. The fourth-order valence-electron chi connectivity index (χ4n) is 3.25. The molecule has 3 atom stereocenters. The number of halogens is 2. The summed E-state index contributed by atoms with van der Waals surface area (Å²) in [5.74, 6) is 0.198. The Bertz CT molecular complexity index is 790. The molecule has 1 aliphatic carbocycles. The van der Waals surface area contributed by atoms with E-state index in [9.17, 15) is 17.0 Å². The minimum atomic E-state index is -3.71. The van der Waals surface area contributed by atoms with E-state index in [4.69, 9.17) is 0 Å². The predicted molar refractivity (Wildman–Crippen MR) is 123 cm³/mol. The molecule has 28 heavy (non-hydrogen) atoms. The highest BCUT2D eigenvalue weighted by molar-refractivity contribution is 14.0. The fourth-order valence-corrected chi connectivity index (χ4v) is 5.84. The zero-order valence-corrected chi connectivity index (χ0v) is 20.2. The van der Waals surface area contributed by atoms with Crippen molar-refractivity contribution in [2.45, 2.75) is 48.8 Å². The van der Waals surface area contributed by atoms with Crippen LogP contribution in [0.5, 0.6) is 0 Å². The van der Waals surface area contributed by atoms with Crippen molar-refractivity contribution in [1.82, 2.24) is 10.6 Å². The van der Waals surface area contributed by atoms with Crippen LogP contribution in [-0.4, -0.2) is 55.0 Å². The largest absolute Gasteiger partial charge is 0.355 e. The molecular formula is C18H29FIN3O3S2. The van der Waals surface area contributed by atoms with Crippen molar-refractivity contribution >= 4 is 50.6 Å². The van der Waals surface area contributed by atoms with Gasteiger partial charge in [-0.2, -0.15) is 0 Å². The number of guanidine groups is 1. The molecule has 0 amide bonds. The molecule has 0 aromatic heterocycles. The van der Waals surface area contributed by atoms with Gasteiger partial charge in [0.15, 0.2) is 15.8 Å². The number of nitrogens with one attached hydrogen (secondary N) is 2. The Labute approximate surface area is 186 Å². The molecule has 0 spiro atoms. The van der Waals surface area contributed by atoms with Crippen LogP contribution in [-0.2, 0) is 20.6 Å². The van der Waals surface area contributed by atoms with Gasteiger partial charge in [-0.05, 0) is 31.4 Å². The minimum absolute atomic E-state index is 0. The van der Waals surface area contributed by atoms with Gasteiger partial charge in [0, 0.05) is 41.4 Å². The van der Waals surface area contributed by atoms with E-state index >= 15 is 0 Å². The maximum atomic E-state index is 13.7. The maximum Gasteiger partial charge on any atom is 0.191 e. The number of nitrogens with zero attached hydrogens (tertiary/aromatic N) is 1. The Kier molecular flexibility index (Phi) is 10.9. The molecule has 2 N–H and O–H groups in total. The highest BCUT2D eigenvalue weighted by Crippen LogP contribution is 2.23. The van der Waals surface area contributed by atoms with Crippen molar-refractivity contribution < 1.29 is 17.0 Å². The second-order valence-corrected chi connectivity index (χ2v) is 10.6. The van der Waals surface area contributed by atoms with Crippen LogP contribution in [0.15, 0.2) is 34.2 Å². The van der Waals surface area contributed by atoms with Crippen molar-refractivity contribution in [3.05, 3.63) is 30.1 Å². The monoisotopic (exact) mass is 545 g/mol. The van der Waals surface area contributed by atoms with Gasteiger partial charge >= 0.3 is 0 Å². The molecule has 1 aliphatic rings. The van der Waals surface area contributed by atoms with Crippen LogP contribution in [0.25, 0.3) is 0 Å². The van der Waals surface area contributed by atoms with Gasteiger partial charge in [-0.1, -0.05) is 25.5 Å². The highest BCUT2D eigenvalue weighted by atomic mass is 127. The summed E-state index contributed by atoms with van der Waals surface area (Å²) in [7, 11) is -2.90. The molecule has 0 bridgehead atoms. The molecule has 1 aromatic rings. The van der Waals surface area contributed by atoms with Gasteiger partial charge < -0.3 is 10.6 Å². The smallest absolute Gasteiger partial charge is 0.191 e. The van der Waals surface area contributed by atoms with E-state index in [1.807, 2.05) is 6.92 Å². The highest BCUT2D eigenvalue weighted by Gasteiger charge is 2.26. The van der Waals surface area contributed by atoms with E-state index in [1.54, 1.807) is 7.05 Å². The predicted octanol–water partition coefficient (Wildman–Crippen LogP) is 2.46. The van der Waals surface area contributed by atoms with E-state index in [0.717, 1.165) is 31.7 Å². The molecule has 1 fully saturated rings. The topological polar surface area (TPSA) is 87.6 Å². The molecule has 0 saturated heterocycles. The van der Waals surface area contributed by atoms with Crippen molar-refractivity contribution in [3.8, 4) is 0 Å². The molecule has 160 valence electrons. The van der Waals surface area contributed by atoms with E-state index in [2.05, 4.69) is 15.6 Å². The van der Waals surface area contributed by atoms with Crippen LogP contribution in [0.2, 0.25) is 0 Å². The molecule has 3 unspecified atom stereocenters. The lowest BCUT2D eigenvalue weighted by Gasteiger charge is -2.30. The van der Waals surface area contributed by atoms with Gasteiger partial charge in [0.25, 0.3) is 0 Å². The number of rotatable bonds is 7. The van der Waals surface area contributed by atoms with Crippen LogP contribution < -0.4 is 10.6 Å². The Morgan fingerprint density at radius 1 is 1.32 bits per heavy atom. The van der Waals surface area contributed by atoms with Crippen molar-refractivity contribution in [1.29, 1.82) is 0 Å². The molecular weight excluding hydrogens is 516 g/mol. The summed E-state index contributed by atoms with van der Waals surface area (Å²) >= 11 is 0. The molecule has 2 rings (SSSR count). The zero-order valence-electron chi connectivity index (χ0n) is 16.2. The molecule has 0 heterocycles. The number of benzene rings is 1. The van der Waals surface area contributed by atoms with Crippen molar-refractivity contribution in [3.63, 3.8) is 0 Å². The van der Waals surface area contributed by atoms with Gasteiger partial charge in [-0.25, -0.2) is 12.8 Å². The summed E-state index contributed by atoms with van der Waals surface area (Å²) in [4.78, 5) is 3.85. The molecule has 0 aliphatic heterocycles. The lowest BCUT2D eigenvalue weighted by molar-refractivity contribution is 0.414. The van der Waals surface area contributed by atoms with Crippen LogP contribution in [0.1, 0.15) is 32.6 Å². The maximum absolute atomic E-state index is 13.7. The summed E-state index contributed by atoms with van der Waals surface area (Å²) in [5.41, 5.74) is 0. The normalized spacial score (nSPS) is 21.5. The van der Waals surface area contributed by atoms with Crippen LogP contribution in [0.3, 0.4) is 0 Å². The van der Waals surface area contributed by atoms with Gasteiger partial charge in [0.05, 0.1) is 5.75 Å². The van der Waals surface area contributed by atoms with Gasteiger partial charge in [0.2, 0.25) is 0 Å². The van der Waals surface area contributed by atoms with Crippen LogP contribution in [0.4, 0.5) is 4.39 Å². The molecule has 1 aromatic carbocycles. The number of aliphatic imine (C=N–C) groups is 1. The first-order valence-electron chi connectivity index (χ1n) is 9.19. The average Bonchev–Trinajstić information content (AvgIpc) is 2.66. The summed E-state index contributed by atoms with van der Waals surface area (Å²) < 4.78 is 50.3. The first-order valence-corrected chi connectivity index (χ1v) is 12.2. The van der Waals surface area contributed by atoms with E-state index in [1.165, 1.54) is 18.2 Å². The fraction of sp³-hybridized carbons (Fsp3) is 0.611. The second kappa shape index (κ2) is 12.1. The summed E-state index contributed by atoms with van der Waals surface area (Å²) in [6.45, 7) is 2.05. The first-order chi connectivity index (χ1) is 12.9. The number of hydrogen-bond donors (Lipinski definition) is 2. The lowest BCUT2D eigenvalue weighted by Crippen LogP contribution is -2.47. The Morgan fingerprint density at radius 2 is 2.04 bits per heavy atom. The van der Waals surface area contributed by atoms with Crippen LogP contribution in [0, 0.1) is 5.82 Å². The Balaban J connectivity index is 0.00000392. The average molecular weight is 545 g/mol. The third-order valence-corrected chi connectivity index (χ3v) is 8.17. The van der Waals surface area contributed by atoms with E-state index in [0.29, 0.717) is 11.7 Å². The third kappa shape index (κ3) is 7.25. The third-order valence-electron chi connectivity index (χ3n) is 4.68. The number of sulfone groups is 1. The Morgan fingerprint density at radius 3 is 2.68 bits per heavy atom. The zero-order chi connectivity index (χ0) is 19.9. The van der Waals surface area contributed by atoms with Gasteiger partial charge in [0.1, 0.15) is 10.7 Å². The van der Waals surface area contributed by atoms with E-state index < -0.39 is 26.5 Å². The Hall–Kier alpha value is -0.750. The summed E-state index contributed by atoms with van der Waals surface area (Å²) in [5, 5.41) is 6.46. The van der Waals surface area contributed by atoms with E-state index in [-0.39, 0.29) is 52.5 Å². The summed E-state index contributed by atoms with van der Waals surface area (Å²) in [6.07, 6.45) is 3.76. The molecule has 0 radical (unpaired) electrons. The molecule has 6 nitrogen and oxygen atoms in total. The first kappa shape index (κ1) is 25.3. The lowest BCUT2D eigenvalue weighted by atomic mass is 9.95. The van der Waals surface area contributed by atoms with Crippen LogP contribution >= 0.6 is 24.0 Å². The summed E-state index contributed by atoms with van der Waals surface area (Å²) in [6, 6.07) is 5.54. The van der Waals surface area contributed by atoms with Crippen molar-refractivity contribution in [2.24, 2.45) is 4.99 Å². The number of hydrogen-bond acceptors (Lipinski definition) is 4. The standard InChI is InChI=1S/C18H28FN3O3S2.HI/c1-3-26(23)15-8-6-7-14(13-15)22-18(20-2)21-11-12-27(24,25)17-10-5-4-9-16(17)19;/h4-5,9-10,14-15H,3,6-8,11-13H2,1-2H3,(H2,20,21,22);1H. The SMILES string of the molecule is CCS(=O)C1CCCC(NC(=NC)NCCS(=O)(=O)c2ccccc2F)C1.I. The molecule has 1 saturated carbocycles. The molecule has 10 heteroatoms. The van der Waals surface area contributed by atoms with Crippen molar-refractivity contribution in [2.75, 3.05) is 25.1 Å². The quantitative estimate of drug-likeness (QED) is 0.313.